The van der Waals surface area contributed by atoms with E-state index in [1.54, 1.807) is 30.3 Å². The van der Waals surface area contributed by atoms with Gasteiger partial charge in [0, 0.05) is 27.8 Å². The Bertz CT molecular complexity index is 2660. The third kappa shape index (κ3) is 5.65. The van der Waals surface area contributed by atoms with E-state index in [2.05, 4.69) is 10.3 Å². The number of benzene rings is 6. The largest absolute Gasteiger partial charge is 0.399 e. The molecule has 0 saturated heterocycles. The van der Waals surface area contributed by atoms with Crippen molar-refractivity contribution in [2.45, 2.75) is 16.7 Å². The molecule has 1 aliphatic heterocycles. The molecule has 0 bridgehead atoms. The number of rotatable bonds is 6. The number of nitrogens with zero attached hydrogens (tertiary/aromatic N) is 3. The summed E-state index contributed by atoms with van der Waals surface area (Å²) in [4.78, 5) is 8.96. The van der Waals surface area contributed by atoms with E-state index < -0.39 is 25.1 Å². The molecule has 0 fully saturated rings. The van der Waals surface area contributed by atoms with E-state index in [0.717, 1.165) is 11.8 Å². The predicted molar refractivity (Wildman–Crippen MR) is 185 cm³/mol. The summed E-state index contributed by atoms with van der Waals surface area (Å²) >= 11 is 0. The molecule has 5 aromatic carbocycles. The van der Waals surface area contributed by atoms with E-state index in [1.165, 1.54) is 18.2 Å². The van der Waals surface area contributed by atoms with Crippen LogP contribution in [0.5, 0.6) is 0 Å². The van der Waals surface area contributed by atoms with E-state index in [4.69, 9.17) is 10.7 Å². The molecule has 5 aromatic rings. The lowest BCUT2D eigenvalue weighted by Crippen LogP contribution is -2.13. The topological polar surface area (TPSA) is 177 Å². The van der Waals surface area contributed by atoms with Crippen molar-refractivity contribution in [2.24, 2.45) is 4.99 Å². The number of para-hydroxylation sites is 2. The van der Waals surface area contributed by atoms with Gasteiger partial charge >= 0.3 is 0 Å². The molecule has 0 saturated carbocycles. The first-order valence-corrected chi connectivity index (χ1v) is 17.5. The minimum atomic E-state index is -4.63. The Morgan fingerprint density at radius 2 is 1.46 bits per heavy atom. The number of aryl methyl sites for hydroxylation is 1. The van der Waals surface area contributed by atoms with Gasteiger partial charge in [0.2, 0.25) is 0 Å². The Morgan fingerprint density at radius 1 is 0.771 bits per heavy atom. The van der Waals surface area contributed by atoms with Gasteiger partial charge in [-0.25, -0.2) is 9.98 Å². The second-order valence-corrected chi connectivity index (χ2v) is 13.9. The summed E-state index contributed by atoms with van der Waals surface area (Å²) in [5.41, 5.74) is 10.8. The summed E-state index contributed by atoms with van der Waals surface area (Å²) in [5, 5.41) is 4.48. The fourth-order valence-electron chi connectivity index (χ4n) is 5.89. The number of aromatic nitrogens is 2. The van der Waals surface area contributed by atoms with Crippen molar-refractivity contribution in [1.29, 1.82) is 0 Å². The zero-order chi connectivity index (χ0) is 33.8. The molecule has 0 spiro atoms. The first kappa shape index (κ1) is 31.0. The van der Waals surface area contributed by atoms with Crippen LogP contribution >= 0.6 is 0 Å². The van der Waals surface area contributed by atoms with Crippen LogP contribution in [0.3, 0.4) is 0 Å². The van der Waals surface area contributed by atoms with Crippen LogP contribution in [0.15, 0.2) is 130 Å². The van der Waals surface area contributed by atoms with E-state index in [1.807, 2.05) is 72.2 Å². The number of fused-ring (bicyclic) bond motifs is 4. The Morgan fingerprint density at radius 3 is 2.15 bits per heavy atom. The lowest BCUT2D eigenvalue weighted by atomic mass is 10.0. The number of nitrogens with two attached hydrogens (primary N) is 1. The van der Waals surface area contributed by atoms with Gasteiger partial charge in [0.05, 0.1) is 39.2 Å². The summed E-state index contributed by atoms with van der Waals surface area (Å²) in [6.07, 6.45) is 0. The third-order valence-corrected chi connectivity index (χ3v) is 9.68. The maximum Gasteiger partial charge on any atom is 0.296 e. The molecular weight excluding hydrogens is 651 g/mol. The fraction of sp³-hybridized carbons (Fsp3) is 0.0286. The van der Waals surface area contributed by atoms with Crippen molar-refractivity contribution in [3.8, 4) is 17.1 Å². The zero-order valence-electron chi connectivity index (χ0n) is 25.2. The van der Waals surface area contributed by atoms with Gasteiger partial charge in [0.1, 0.15) is 9.79 Å². The summed E-state index contributed by atoms with van der Waals surface area (Å²) in [5.74, 6) is 0. The van der Waals surface area contributed by atoms with Crippen LogP contribution in [-0.2, 0) is 20.2 Å². The van der Waals surface area contributed by atoms with Crippen LogP contribution in [0.1, 0.15) is 5.56 Å². The third-order valence-electron chi connectivity index (χ3n) is 7.90. The standard InChI is InChI=1S/C35H27N5O6S2/c1-21-17-24(38-27-16-15-22(36)18-32(27)48(44,45)46)19-29-34(21)39-35-26-13-8-14-31(47(41,42)43)33(26)28(37-23-9-4-2-5-10-23)20-30(35)40(29)25-11-6-3-7-12-25/h2-20,37H,36H2,1H3,(H,41,42,43)(H,44,45,46). The van der Waals surface area contributed by atoms with Crippen LogP contribution in [0, 0.1) is 6.92 Å². The highest BCUT2D eigenvalue weighted by molar-refractivity contribution is 7.86. The molecule has 0 unspecified atom stereocenters. The summed E-state index contributed by atoms with van der Waals surface area (Å²) < 4.78 is 71.8. The zero-order valence-corrected chi connectivity index (χ0v) is 26.9. The summed E-state index contributed by atoms with van der Waals surface area (Å²) in [6, 6.07) is 32.7. The molecule has 2 aliphatic rings. The molecule has 11 nitrogen and oxygen atoms in total. The van der Waals surface area contributed by atoms with Gasteiger partial charge in [-0.05, 0) is 79.2 Å². The minimum Gasteiger partial charge on any atom is -0.399 e. The van der Waals surface area contributed by atoms with E-state index in [-0.39, 0.29) is 21.7 Å². The van der Waals surface area contributed by atoms with Crippen molar-refractivity contribution in [3.05, 3.63) is 126 Å². The molecule has 0 radical (unpaired) electrons. The second kappa shape index (κ2) is 11.6. The molecule has 0 aromatic heterocycles. The average Bonchev–Trinajstić information content (AvgIpc) is 3.04. The molecule has 1 heterocycles. The van der Waals surface area contributed by atoms with Crippen LogP contribution in [0.25, 0.3) is 38.9 Å². The molecule has 240 valence electrons. The van der Waals surface area contributed by atoms with Gasteiger partial charge < -0.3 is 15.6 Å². The Labute approximate surface area is 275 Å². The van der Waals surface area contributed by atoms with E-state index in [0.29, 0.717) is 50.1 Å². The monoisotopic (exact) mass is 677 g/mol. The fourth-order valence-corrected chi connectivity index (χ4v) is 7.28. The lowest BCUT2D eigenvalue weighted by molar-refractivity contribution is 0.481. The minimum absolute atomic E-state index is 0.00328. The van der Waals surface area contributed by atoms with Crippen molar-refractivity contribution < 1.29 is 25.9 Å². The van der Waals surface area contributed by atoms with Crippen molar-refractivity contribution in [3.63, 3.8) is 0 Å². The summed E-state index contributed by atoms with van der Waals surface area (Å²) in [6.45, 7) is 1.83. The van der Waals surface area contributed by atoms with Crippen molar-refractivity contribution >= 4 is 64.8 Å². The van der Waals surface area contributed by atoms with Gasteiger partial charge in [-0.15, -0.1) is 0 Å². The van der Waals surface area contributed by atoms with E-state index >= 15 is 0 Å². The number of hydrogen-bond donors (Lipinski definition) is 4. The van der Waals surface area contributed by atoms with Crippen LogP contribution < -0.4 is 16.4 Å². The number of anilines is 3. The van der Waals surface area contributed by atoms with E-state index in [9.17, 15) is 25.9 Å². The molecule has 13 heteroatoms. The highest BCUT2D eigenvalue weighted by atomic mass is 32.2. The van der Waals surface area contributed by atoms with Gasteiger partial charge in [0.15, 0.2) is 0 Å². The highest BCUT2D eigenvalue weighted by Crippen LogP contribution is 2.40. The van der Waals surface area contributed by atoms with Crippen LogP contribution in [0.4, 0.5) is 22.7 Å². The lowest BCUT2D eigenvalue weighted by Gasteiger charge is -2.23. The normalized spacial score (nSPS) is 12.6. The van der Waals surface area contributed by atoms with Crippen molar-refractivity contribution in [2.75, 3.05) is 11.1 Å². The SMILES string of the molecule is Cc1cc(=Nc2ccc(N)cc2S(=O)(=O)O)cc2n(-c3ccccc3)c3cc(Nc4ccccc4)c4c(S(=O)(=O)O)cccc4c3nc1-2. The Balaban J connectivity index is 1.64. The molecule has 0 atom stereocenters. The van der Waals surface area contributed by atoms with Crippen LogP contribution in [0.2, 0.25) is 0 Å². The van der Waals surface area contributed by atoms with Gasteiger partial charge in [0.25, 0.3) is 20.2 Å². The van der Waals surface area contributed by atoms with Crippen molar-refractivity contribution in [1.82, 2.24) is 9.55 Å². The first-order chi connectivity index (χ1) is 22.9. The first-order valence-electron chi connectivity index (χ1n) is 14.6. The van der Waals surface area contributed by atoms with Crippen LogP contribution in [-0.4, -0.2) is 35.5 Å². The molecular formula is C35H27N5O6S2. The maximum absolute atomic E-state index is 12.7. The molecule has 5 N–H and O–H groups in total. The Hall–Kier alpha value is -5.60. The predicted octanol–water partition coefficient (Wildman–Crippen LogP) is 6.64. The number of nitrogen functional groups attached to an aromatic ring is 1. The van der Waals surface area contributed by atoms with Gasteiger partial charge in [-0.3, -0.25) is 9.11 Å². The van der Waals surface area contributed by atoms with Gasteiger partial charge in [-0.1, -0.05) is 48.5 Å². The number of nitrogens with one attached hydrogen (secondary N) is 1. The molecule has 7 rings (SSSR count). The van der Waals surface area contributed by atoms with Gasteiger partial charge in [-0.2, -0.15) is 16.8 Å². The smallest absolute Gasteiger partial charge is 0.296 e. The highest BCUT2D eigenvalue weighted by Gasteiger charge is 2.24. The number of hydrogen-bond acceptors (Lipinski definition) is 8. The maximum atomic E-state index is 12.7. The summed E-state index contributed by atoms with van der Waals surface area (Å²) in [7, 11) is -9.27. The Kier molecular flexibility index (Phi) is 7.48. The molecule has 48 heavy (non-hydrogen) atoms. The second-order valence-electron chi connectivity index (χ2n) is 11.2. The molecule has 0 amide bonds. The molecule has 1 aliphatic carbocycles. The average molecular weight is 678 g/mol. The quantitative estimate of drug-likeness (QED) is 0.0650.